The summed E-state index contributed by atoms with van der Waals surface area (Å²) in [6, 6.07) is 8.66. The lowest BCUT2D eigenvalue weighted by Crippen LogP contribution is -2.03. The molecule has 1 aliphatic rings. The number of benzene rings is 1. The van der Waals surface area contributed by atoms with Crippen LogP contribution in [0.4, 0.5) is 5.13 Å². The predicted molar refractivity (Wildman–Crippen MR) is 70.0 cm³/mol. The number of thiazole rings is 1. The number of hydrogen-bond donors (Lipinski definition) is 1. The SMILES string of the molecule is Nc1ncc(CC2Cc3ccccc3S2)s1. The van der Waals surface area contributed by atoms with Crippen LogP contribution in [-0.2, 0) is 12.8 Å². The van der Waals surface area contributed by atoms with Crippen LogP contribution in [0.2, 0.25) is 0 Å². The molecule has 0 aliphatic carbocycles. The first kappa shape index (κ1) is 10.2. The Kier molecular flexibility index (Phi) is 2.61. The molecular formula is C12H12N2S2. The maximum Gasteiger partial charge on any atom is 0.180 e. The molecule has 82 valence electrons. The van der Waals surface area contributed by atoms with Crippen LogP contribution in [0.25, 0.3) is 0 Å². The highest BCUT2D eigenvalue weighted by molar-refractivity contribution is 8.00. The summed E-state index contributed by atoms with van der Waals surface area (Å²) in [5, 5.41) is 1.33. The third-order valence-corrected chi connectivity index (χ3v) is 4.88. The molecule has 0 spiro atoms. The lowest BCUT2D eigenvalue weighted by Gasteiger charge is -2.04. The lowest BCUT2D eigenvalue weighted by molar-refractivity contribution is 0.866. The molecule has 1 aromatic carbocycles. The summed E-state index contributed by atoms with van der Waals surface area (Å²) in [6.45, 7) is 0. The largest absolute Gasteiger partial charge is 0.375 e. The van der Waals surface area contributed by atoms with Crippen molar-refractivity contribution in [2.75, 3.05) is 5.73 Å². The van der Waals surface area contributed by atoms with Gasteiger partial charge in [0.05, 0.1) is 0 Å². The van der Waals surface area contributed by atoms with E-state index in [1.807, 2.05) is 18.0 Å². The van der Waals surface area contributed by atoms with Crippen LogP contribution in [-0.4, -0.2) is 10.2 Å². The Hall–Kier alpha value is -1.000. The first-order valence-corrected chi connectivity index (χ1v) is 6.95. The second-order valence-corrected chi connectivity index (χ2v) is 6.41. The summed E-state index contributed by atoms with van der Waals surface area (Å²) in [6.07, 6.45) is 4.15. The predicted octanol–water partition coefficient (Wildman–Crippen LogP) is 2.98. The van der Waals surface area contributed by atoms with Crippen LogP contribution in [0.15, 0.2) is 35.4 Å². The second-order valence-electron chi connectivity index (χ2n) is 3.92. The molecule has 2 aromatic rings. The standard InChI is InChI=1S/C12H12N2S2/c13-12-14-7-10(16-12)6-9-5-8-3-1-2-4-11(8)15-9/h1-4,7,9H,5-6H2,(H2,13,14). The third-order valence-electron chi connectivity index (χ3n) is 2.71. The summed E-state index contributed by atoms with van der Waals surface area (Å²) in [7, 11) is 0. The molecule has 1 atom stereocenters. The van der Waals surface area contributed by atoms with Crippen molar-refractivity contribution in [1.29, 1.82) is 0 Å². The fourth-order valence-electron chi connectivity index (χ4n) is 2.01. The summed E-state index contributed by atoms with van der Waals surface area (Å²) in [5.74, 6) is 0. The molecule has 0 bridgehead atoms. The van der Waals surface area contributed by atoms with Gasteiger partial charge in [0.1, 0.15) is 0 Å². The quantitative estimate of drug-likeness (QED) is 0.888. The smallest absolute Gasteiger partial charge is 0.180 e. The van der Waals surface area contributed by atoms with E-state index in [4.69, 9.17) is 5.73 Å². The molecule has 4 heteroatoms. The molecule has 0 saturated carbocycles. The van der Waals surface area contributed by atoms with Crippen molar-refractivity contribution in [3.63, 3.8) is 0 Å². The molecule has 1 unspecified atom stereocenters. The fourth-order valence-corrected chi connectivity index (χ4v) is 4.22. The van der Waals surface area contributed by atoms with Gasteiger partial charge in [-0.25, -0.2) is 4.98 Å². The van der Waals surface area contributed by atoms with Crippen LogP contribution in [0.1, 0.15) is 10.4 Å². The first-order valence-electron chi connectivity index (χ1n) is 5.26. The highest BCUT2D eigenvalue weighted by Gasteiger charge is 2.22. The summed E-state index contributed by atoms with van der Waals surface area (Å²) in [5.41, 5.74) is 7.12. The van der Waals surface area contributed by atoms with Gasteiger partial charge < -0.3 is 5.73 Å². The minimum Gasteiger partial charge on any atom is -0.375 e. The zero-order valence-corrected chi connectivity index (χ0v) is 10.4. The maximum absolute atomic E-state index is 5.64. The molecule has 2 N–H and O–H groups in total. The number of fused-ring (bicyclic) bond motifs is 1. The van der Waals surface area contributed by atoms with E-state index in [1.165, 1.54) is 21.8 Å². The molecule has 2 heterocycles. The number of hydrogen-bond acceptors (Lipinski definition) is 4. The van der Waals surface area contributed by atoms with Gasteiger partial charge in [-0.15, -0.1) is 23.1 Å². The van der Waals surface area contributed by atoms with Crippen molar-refractivity contribution < 1.29 is 0 Å². The topological polar surface area (TPSA) is 38.9 Å². The summed E-state index contributed by atoms with van der Waals surface area (Å²) < 4.78 is 0. The van der Waals surface area contributed by atoms with Gasteiger partial charge in [-0.1, -0.05) is 18.2 Å². The highest BCUT2D eigenvalue weighted by Crippen LogP contribution is 2.38. The number of anilines is 1. The molecular weight excluding hydrogens is 236 g/mol. The minimum atomic E-state index is 0.650. The van der Waals surface area contributed by atoms with E-state index in [2.05, 4.69) is 29.2 Å². The Morgan fingerprint density at radius 2 is 2.25 bits per heavy atom. The number of nitrogens with two attached hydrogens (primary N) is 1. The average molecular weight is 248 g/mol. The summed E-state index contributed by atoms with van der Waals surface area (Å²) >= 11 is 3.58. The number of nitrogen functional groups attached to an aromatic ring is 1. The Morgan fingerprint density at radius 1 is 1.38 bits per heavy atom. The van der Waals surface area contributed by atoms with E-state index in [1.54, 1.807) is 11.3 Å². The van der Waals surface area contributed by atoms with Crippen LogP contribution < -0.4 is 5.73 Å². The molecule has 3 rings (SSSR count). The molecule has 16 heavy (non-hydrogen) atoms. The molecule has 1 aliphatic heterocycles. The van der Waals surface area contributed by atoms with Gasteiger partial charge in [0.2, 0.25) is 0 Å². The van der Waals surface area contributed by atoms with Crippen molar-refractivity contribution in [2.45, 2.75) is 23.0 Å². The molecule has 0 fully saturated rings. The van der Waals surface area contributed by atoms with E-state index in [0.29, 0.717) is 10.4 Å². The van der Waals surface area contributed by atoms with E-state index in [-0.39, 0.29) is 0 Å². The molecule has 0 radical (unpaired) electrons. The average Bonchev–Trinajstić information content (AvgIpc) is 2.84. The van der Waals surface area contributed by atoms with Crippen molar-refractivity contribution in [3.8, 4) is 0 Å². The Morgan fingerprint density at radius 3 is 3.00 bits per heavy atom. The highest BCUT2D eigenvalue weighted by atomic mass is 32.2. The first-order chi connectivity index (χ1) is 7.81. The monoisotopic (exact) mass is 248 g/mol. The van der Waals surface area contributed by atoms with Crippen LogP contribution in [0.5, 0.6) is 0 Å². The van der Waals surface area contributed by atoms with Crippen LogP contribution in [0, 0.1) is 0 Å². The number of nitrogens with zero attached hydrogens (tertiary/aromatic N) is 1. The third kappa shape index (κ3) is 1.95. The van der Waals surface area contributed by atoms with Gasteiger partial charge in [0.25, 0.3) is 0 Å². The number of thioether (sulfide) groups is 1. The van der Waals surface area contributed by atoms with Crippen molar-refractivity contribution in [3.05, 3.63) is 40.9 Å². The van der Waals surface area contributed by atoms with Crippen molar-refractivity contribution in [2.24, 2.45) is 0 Å². The summed E-state index contributed by atoms with van der Waals surface area (Å²) in [4.78, 5) is 6.82. The van der Waals surface area contributed by atoms with Crippen molar-refractivity contribution >= 4 is 28.2 Å². The van der Waals surface area contributed by atoms with E-state index >= 15 is 0 Å². The van der Waals surface area contributed by atoms with Gasteiger partial charge in [0, 0.05) is 21.2 Å². The Labute approximate surface area is 103 Å². The minimum absolute atomic E-state index is 0.650. The molecule has 2 nitrogen and oxygen atoms in total. The van der Waals surface area contributed by atoms with Crippen molar-refractivity contribution in [1.82, 2.24) is 4.98 Å². The zero-order valence-electron chi connectivity index (χ0n) is 8.72. The van der Waals surface area contributed by atoms with E-state index < -0.39 is 0 Å². The van der Waals surface area contributed by atoms with Gasteiger partial charge >= 0.3 is 0 Å². The molecule has 1 aromatic heterocycles. The van der Waals surface area contributed by atoms with E-state index in [0.717, 1.165) is 6.42 Å². The van der Waals surface area contributed by atoms with Gasteiger partial charge in [0.15, 0.2) is 5.13 Å². The van der Waals surface area contributed by atoms with Gasteiger partial charge in [-0.05, 0) is 24.5 Å². The molecule has 0 amide bonds. The van der Waals surface area contributed by atoms with Gasteiger partial charge in [-0.3, -0.25) is 0 Å². The normalized spacial score (nSPS) is 18.6. The van der Waals surface area contributed by atoms with E-state index in [9.17, 15) is 0 Å². The van der Waals surface area contributed by atoms with Crippen LogP contribution in [0.3, 0.4) is 0 Å². The van der Waals surface area contributed by atoms with Crippen LogP contribution >= 0.6 is 23.1 Å². The zero-order chi connectivity index (χ0) is 11.0. The lowest BCUT2D eigenvalue weighted by atomic mass is 10.1. The Bertz CT molecular complexity index is 482. The Balaban J connectivity index is 1.72. The number of aromatic nitrogens is 1. The van der Waals surface area contributed by atoms with Gasteiger partial charge in [-0.2, -0.15) is 0 Å². The molecule has 0 saturated heterocycles. The second kappa shape index (κ2) is 4.11. The number of rotatable bonds is 2. The fraction of sp³-hybridized carbons (Fsp3) is 0.250. The maximum atomic E-state index is 5.64.